The largest absolute Gasteiger partial charge is 0.384 e. The minimum Gasteiger partial charge on any atom is -0.384 e. The van der Waals surface area contributed by atoms with Crippen molar-refractivity contribution in [2.24, 2.45) is 5.92 Å². The summed E-state index contributed by atoms with van der Waals surface area (Å²) < 4.78 is 4.98. The second-order valence-electron chi connectivity index (χ2n) is 3.82. The fraction of sp³-hybridized carbons (Fsp3) is 0.545. The van der Waals surface area contributed by atoms with Crippen molar-refractivity contribution in [1.29, 1.82) is 0 Å². The summed E-state index contributed by atoms with van der Waals surface area (Å²) in [5, 5.41) is 13.3. The standard InChI is InChI=1S/C11H18N4O2/c1-8(7-17-3)6-13-11(16)9-4-5-10(12-2)15-14-9/h4-5,8H,6-7H2,1-3H3,(H,12,15)(H,13,16). The van der Waals surface area contributed by atoms with Crippen molar-refractivity contribution in [3.05, 3.63) is 17.8 Å². The van der Waals surface area contributed by atoms with Crippen LogP contribution in [-0.4, -0.2) is 43.4 Å². The van der Waals surface area contributed by atoms with Gasteiger partial charge in [-0.15, -0.1) is 10.2 Å². The van der Waals surface area contributed by atoms with Gasteiger partial charge in [-0.25, -0.2) is 0 Å². The van der Waals surface area contributed by atoms with E-state index in [1.54, 1.807) is 26.3 Å². The van der Waals surface area contributed by atoms with Crippen molar-refractivity contribution in [1.82, 2.24) is 15.5 Å². The molecule has 17 heavy (non-hydrogen) atoms. The molecular weight excluding hydrogens is 220 g/mol. The molecule has 1 aromatic heterocycles. The van der Waals surface area contributed by atoms with E-state index in [-0.39, 0.29) is 11.8 Å². The summed E-state index contributed by atoms with van der Waals surface area (Å²) >= 11 is 0. The Kier molecular flexibility index (Phi) is 5.35. The first kappa shape index (κ1) is 13.4. The third-order valence-corrected chi connectivity index (χ3v) is 2.22. The van der Waals surface area contributed by atoms with Gasteiger partial charge in [-0.1, -0.05) is 6.92 Å². The molecule has 94 valence electrons. The monoisotopic (exact) mass is 238 g/mol. The number of hydrogen-bond acceptors (Lipinski definition) is 5. The molecule has 1 amide bonds. The number of aromatic nitrogens is 2. The topological polar surface area (TPSA) is 76.1 Å². The van der Waals surface area contributed by atoms with E-state index in [2.05, 4.69) is 20.8 Å². The third-order valence-electron chi connectivity index (χ3n) is 2.22. The van der Waals surface area contributed by atoms with Gasteiger partial charge in [0.1, 0.15) is 5.82 Å². The maximum Gasteiger partial charge on any atom is 0.271 e. The lowest BCUT2D eigenvalue weighted by molar-refractivity contribution is 0.0928. The molecule has 0 aliphatic rings. The molecule has 1 atom stereocenters. The normalized spacial score (nSPS) is 11.9. The molecule has 0 aliphatic carbocycles. The summed E-state index contributed by atoms with van der Waals surface area (Å²) in [7, 11) is 3.39. The highest BCUT2D eigenvalue weighted by molar-refractivity contribution is 5.92. The summed E-state index contributed by atoms with van der Waals surface area (Å²) in [5.74, 6) is 0.686. The van der Waals surface area contributed by atoms with Crippen LogP contribution in [0.2, 0.25) is 0 Å². The molecule has 1 aromatic rings. The predicted molar refractivity (Wildman–Crippen MR) is 65.0 cm³/mol. The Labute approximate surface area is 101 Å². The van der Waals surface area contributed by atoms with Crippen LogP contribution in [0.1, 0.15) is 17.4 Å². The van der Waals surface area contributed by atoms with Gasteiger partial charge in [0.25, 0.3) is 5.91 Å². The number of ether oxygens (including phenoxy) is 1. The Bertz CT molecular complexity index is 353. The van der Waals surface area contributed by atoms with E-state index in [0.29, 0.717) is 24.7 Å². The Hall–Kier alpha value is -1.69. The van der Waals surface area contributed by atoms with Crippen molar-refractivity contribution < 1.29 is 9.53 Å². The molecule has 0 radical (unpaired) electrons. The first-order valence-electron chi connectivity index (χ1n) is 5.46. The highest BCUT2D eigenvalue weighted by Gasteiger charge is 2.09. The molecule has 0 spiro atoms. The van der Waals surface area contributed by atoms with E-state index in [4.69, 9.17) is 4.74 Å². The zero-order valence-corrected chi connectivity index (χ0v) is 10.4. The highest BCUT2D eigenvalue weighted by atomic mass is 16.5. The molecule has 1 unspecified atom stereocenters. The average molecular weight is 238 g/mol. The van der Waals surface area contributed by atoms with Gasteiger partial charge in [0, 0.05) is 20.7 Å². The van der Waals surface area contributed by atoms with Crippen molar-refractivity contribution in [3.63, 3.8) is 0 Å². The van der Waals surface area contributed by atoms with Gasteiger partial charge in [-0.05, 0) is 18.1 Å². The van der Waals surface area contributed by atoms with Crippen LogP contribution in [-0.2, 0) is 4.74 Å². The van der Waals surface area contributed by atoms with Crippen molar-refractivity contribution in [2.75, 3.05) is 32.6 Å². The quantitative estimate of drug-likeness (QED) is 0.756. The van der Waals surface area contributed by atoms with E-state index in [9.17, 15) is 4.79 Å². The van der Waals surface area contributed by atoms with E-state index in [1.165, 1.54) is 0 Å². The van der Waals surface area contributed by atoms with Crippen LogP contribution in [0, 0.1) is 5.92 Å². The first-order chi connectivity index (χ1) is 8.17. The first-order valence-corrected chi connectivity index (χ1v) is 5.46. The van der Waals surface area contributed by atoms with Crippen LogP contribution < -0.4 is 10.6 Å². The Morgan fingerprint density at radius 3 is 2.76 bits per heavy atom. The molecule has 1 rings (SSSR count). The second-order valence-corrected chi connectivity index (χ2v) is 3.82. The molecule has 0 aliphatic heterocycles. The number of rotatable bonds is 6. The lowest BCUT2D eigenvalue weighted by Crippen LogP contribution is -2.30. The summed E-state index contributed by atoms with van der Waals surface area (Å²) in [6, 6.07) is 3.34. The smallest absolute Gasteiger partial charge is 0.271 e. The van der Waals surface area contributed by atoms with Gasteiger partial charge in [0.05, 0.1) is 6.61 Å². The molecule has 0 saturated carbocycles. The molecule has 0 saturated heterocycles. The summed E-state index contributed by atoms with van der Waals surface area (Å²) in [6.07, 6.45) is 0. The maximum atomic E-state index is 11.7. The van der Waals surface area contributed by atoms with E-state index < -0.39 is 0 Å². The number of nitrogens with zero attached hydrogens (tertiary/aromatic N) is 2. The van der Waals surface area contributed by atoms with Crippen LogP contribution >= 0.6 is 0 Å². The van der Waals surface area contributed by atoms with Crippen LogP contribution in [0.3, 0.4) is 0 Å². The van der Waals surface area contributed by atoms with E-state index >= 15 is 0 Å². The minimum atomic E-state index is -0.219. The Balaban J connectivity index is 2.46. The van der Waals surface area contributed by atoms with Crippen molar-refractivity contribution in [2.45, 2.75) is 6.92 Å². The number of nitrogens with one attached hydrogen (secondary N) is 2. The number of carbonyl (C=O) groups is 1. The van der Waals surface area contributed by atoms with Gasteiger partial charge in [0.15, 0.2) is 5.69 Å². The van der Waals surface area contributed by atoms with Gasteiger partial charge >= 0.3 is 0 Å². The number of methoxy groups -OCH3 is 1. The third kappa shape index (κ3) is 4.36. The minimum absolute atomic E-state index is 0.219. The molecule has 6 nitrogen and oxygen atoms in total. The van der Waals surface area contributed by atoms with Gasteiger partial charge in [-0.2, -0.15) is 0 Å². The van der Waals surface area contributed by atoms with E-state index in [0.717, 1.165) is 0 Å². The van der Waals surface area contributed by atoms with E-state index in [1.807, 2.05) is 6.92 Å². The van der Waals surface area contributed by atoms with Gasteiger partial charge in [0.2, 0.25) is 0 Å². The molecule has 2 N–H and O–H groups in total. The van der Waals surface area contributed by atoms with Crippen LogP contribution in [0.5, 0.6) is 0 Å². The average Bonchev–Trinajstić information content (AvgIpc) is 2.36. The molecule has 1 heterocycles. The lowest BCUT2D eigenvalue weighted by atomic mass is 10.2. The molecule has 6 heteroatoms. The predicted octanol–water partition coefficient (Wildman–Crippen LogP) is 0.531. The van der Waals surface area contributed by atoms with Crippen LogP contribution in [0.4, 0.5) is 5.82 Å². The van der Waals surface area contributed by atoms with Crippen LogP contribution in [0.15, 0.2) is 12.1 Å². The summed E-state index contributed by atoms with van der Waals surface area (Å²) in [5.41, 5.74) is 0.314. The second kappa shape index (κ2) is 6.80. The molecular formula is C11H18N4O2. The SMILES string of the molecule is CNc1ccc(C(=O)NCC(C)COC)nn1. The van der Waals surface area contributed by atoms with Gasteiger partial charge in [-0.3, -0.25) is 4.79 Å². The Morgan fingerprint density at radius 1 is 1.47 bits per heavy atom. The number of hydrogen-bond donors (Lipinski definition) is 2. The summed E-state index contributed by atoms with van der Waals surface area (Å²) in [4.78, 5) is 11.7. The molecule has 0 aromatic carbocycles. The number of carbonyl (C=O) groups excluding carboxylic acids is 1. The fourth-order valence-electron chi connectivity index (χ4n) is 1.29. The maximum absolute atomic E-state index is 11.7. The zero-order valence-electron chi connectivity index (χ0n) is 10.4. The molecule has 0 fully saturated rings. The Morgan fingerprint density at radius 2 is 2.24 bits per heavy atom. The zero-order chi connectivity index (χ0) is 12.7. The lowest BCUT2D eigenvalue weighted by Gasteiger charge is -2.10. The van der Waals surface area contributed by atoms with Gasteiger partial charge < -0.3 is 15.4 Å². The number of amides is 1. The highest BCUT2D eigenvalue weighted by Crippen LogP contribution is 2.01. The fourth-order valence-corrected chi connectivity index (χ4v) is 1.29. The summed E-state index contributed by atoms with van der Waals surface area (Å²) in [6.45, 7) is 3.17. The number of anilines is 1. The van der Waals surface area contributed by atoms with Crippen LogP contribution in [0.25, 0.3) is 0 Å². The van der Waals surface area contributed by atoms with Crippen molar-refractivity contribution in [3.8, 4) is 0 Å². The van der Waals surface area contributed by atoms with Crippen molar-refractivity contribution >= 4 is 11.7 Å². The molecule has 0 bridgehead atoms.